The lowest BCUT2D eigenvalue weighted by Crippen LogP contribution is -2.45. The summed E-state index contributed by atoms with van der Waals surface area (Å²) in [6, 6.07) is 15.7. The van der Waals surface area contributed by atoms with E-state index >= 15 is 0 Å². The first kappa shape index (κ1) is 16.7. The second kappa shape index (κ2) is 6.84. The molecule has 1 aliphatic rings. The van der Waals surface area contributed by atoms with Crippen LogP contribution in [0.5, 0.6) is 5.75 Å². The first-order valence-corrected chi connectivity index (χ1v) is 8.87. The molecule has 0 amide bonds. The SMILES string of the molecule is CCOc1ccc(C2NC(C(=O)OC)Cc3c2[nH]c2ccccc32)cc1. The summed E-state index contributed by atoms with van der Waals surface area (Å²) < 4.78 is 10.5. The van der Waals surface area contributed by atoms with Crippen LogP contribution in [0.3, 0.4) is 0 Å². The van der Waals surface area contributed by atoms with Gasteiger partial charge in [0.05, 0.1) is 19.8 Å². The van der Waals surface area contributed by atoms with E-state index < -0.39 is 0 Å². The molecule has 26 heavy (non-hydrogen) atoms. The molecule has 2 heterocycles. The van der Waals surface area contributed by atoms with E-state index in [-0.39, 0.29) is 18.1 Å². The van der Waals surface area contributed by atoms with Crippen LogP contribution in [0.4, 0.5) is 0 Å². The zero-order valence-corrected chi connectivity index (χ0v) is 14.9. The molecule has 0 spiro atoms. The smallest absolute Gasteiger partial charge is 0.323 e. The summed E-state index contributed by atoms with van der Waals surface area (Å²) >= 11 is 0. The van der Waals surface area contributed by atoms with Crippen LogP contribution >= 0.6 is 0 Å². The highest BCUT2D eigenvalue weighted by molar-refractivity contribution is 5.87. The molecular weight excluding hydrogens is 328 g/mol. The molecule has 134 valence electrons. The highest BCUT2D eigenvalue weighted by atomic mass is 16.5. The molecule has 0 saturated carbocycles. The topological polar surface area (TPSA) is 63.4 Å². The number of aromatic nitrogens is 1. The normalized spacial score (nSPS) is 19.2. The number of rotatable bonds is 4. The Morgan fingerprint density at radius 2 is 1.92 bits per heavy atom. The summed E-state index contributed by atoms with van der Waals surface area (Å²) in [5.41, 5.74) is 4.44. The summed E-state index contributed by atoms with van der Waals surface area (Å²) in [5, 5.41) is 4.60. The number of hydrogen-bond donors (Lipinski definition) is 2. The molecule has 5 nitrogen and oxygen atoms in total. The first-order chi connectivity index (χ1) is 12.7. The fourth-order valence-electron chi connectivity index (χ4n) is 3.71. The van der Waals surface area contributed by atoms with Crippen LogP contribution in [0.2, 0.25) is 0 Å². The summed E-state index contributed by atoms with van der Waals surface area (Å²) in [5.74, 6) is 0.602. The number of fused-ring (bicyclic) bond motifs is 3. The van der Waals surface area contributed by atoms with Gasteiger partial charge >= 0.3 is 5.97 Å². The van der Waals surface area contributed by atoms with Crippen molar-refractivity contribution >= 4 is 16.9 Å². The predicted octanol–water partition coefficient (Wildman–Crippen LogP) is 3.34. The molecule has 1 aliphatic heterocycles. The van der Waals surface area contributed by atoms with Gasteiger partial charge in [-0.25, -0.2) is 0 Å². The minimum absolute atomic E-state index is 0.106. The second-order valence-electron chi connectivity index (χ2n) is 6.44. The Morgan fingerprint density at radius 1 is 1.15 bits per heavy atom. The average molecular weight is 350 g/mol. The molecule has 2 unspecified atom stereocenters. The standard InChI is InChI=1S/C21H22N2O3/c1-3-26-14-10-8-13(9-11-14)19-20-16(12-18(23-19)21(24)25-2)15-6-4-5-7-17(15)22-20/h4-11,18-19,22-23H,3,12H2,1-2H3. The van der Waals surface area contributed by atoms with Gasteiger partial charge in [0.1, 0.15) is 11.8 Å². The zero-order valence-electron chi connectivity index (χ0n) is 14.9. The van der Waals surface area contributed by atoms with Crippen LogP contribution in [0.25, 0.3) is 10.9 Å². The van der Waals surface area contributed by atoms with Crippen molar-refractivity contribution in [1.29, 1.82) is 0 Å². The van der Waals surface area contributed by atoms with Crippen molar-refractivity contribution in [3.63, 3.8) is 0 Å². The lowest BCUT2D eigenvalue weighted by Gasteiger charge is -2.30. The van der Waals surface area contributed by atoms with E-state index in [9.17, 15) is 4.79 Å². The Bertz CT molecular complexity index is 930. The van der Waals surface area contributed by atoms with Gasteiger partial charge in [0.15, 0.2) is 0 Å². The highest BCUT2D eigenvalue weighted by Crippen LogP contribution is 2.35. The minimum atomic E-state index is -0.372. The van der Waals surface area contributed by atoms with Crippen molar-refractivity contribution in [2.24, 2.45) is 0 Å². The number of aromatic amines is 1. The quantitative estimate of drug-likeness (QED) is 0.709. The number of methoxy groups -OCH3 is 1. The maximum absolute atomic E-state index is 12.2. The van der Waals surface area contributed by atoms with Crippen molar-refractivity contribution in [3.8, 4) is 5.75 Å². The van der Waals surface area contributed by atoms with Gasteiger partial charge in [-0.3, -0.25) is 10.1 Å². The number of hydrogen-bond acceptors (Lipinski definition) is 4. The van der Waals surface area contributed by atoms with E-state index in [0.29, 0.717) is 13.0 Å². The predicted molar refractivity (Wildman–Crippen MR) is 100 cm³/mol. The summed E-state index contributed by atoms with van der Waals surface area (Å²) in [6.45, 7) is 2.60. The molecule has 0 fully saturated rings. The lowest BCUT2D eigenvalue weighted by atomic mass is 9.90. The number of esters is 1. The Morgan fingerprint density at radius 3 is 2.65 bits per heavy atom. The van der Waals surface area contributed by atoms with Crippen molar-refractivity contribution in [1.82, 2.24) is 10.3 Å². The number of carbonyl (C=O) groups excluding carboxylic acids is 1. The maximum atomic E-state index is 12.2. The van der Waals surface area contributed by atoms with E-state index in [1.807, 2.05) is 43.3 Å². The van der Waals surface area contributed by atoms with Crippen molar-refractivity contribution in [3.05, 3.63) is 65.4 Å². The third-order valence-corrected chi connectivity index (χ3v) is 4.92. The van der Waals surface area contributed by atoms with Crippen LogP contribution in [-0.2, 0) is 16.0 Å². The second-order valence-corrected chi connectivity index (χ2v) is 6.44. The van der Waals surface area contributed by atoms with Crippen LogP contribution in [0, 0.1) is 0 Å². The number of carbonyl (C=O) groups is 1. The molecule has 3 aromatic rings. The molecule has 0 saturated heterocycles. The van der Waals surface area contributed by atoms with E-state index in [1.165, 1.54) is 12.7 Å². The van der Waals surface area contributed by atoms with Crippen LogP contribution < -0.4 is 10.1 Å². The number of para-hydroxylation sites is 1. The fourth-order valence-corrected chi connectivity index (χ4v) is 3.71. The lowest BCUT2D eigenvalue weighted by molar-refractivity contribution is -0.143. The molecule has 1 aromatic heterocycles. The molecule has 0 aliphatic carbocycles. The molecule has 2 aromatic carbocycles. The Hall–Kier alpha value is -2.79. The number of nitrogens with one attached hydrogen (secondary N) is 2. The van der Waals surface area contributed by atoms with Crippen molar-refractivity contribution in [2.45, 2.75) is 25.4 Å². The molecule has 2 atom stereocenters. The molecule has 0 bridgehead atoms. The zero-order chi connectivity index (χ0) is 18.1. The molecule has 5 heteroatoms. The van der Waals surface area contributed by atoms with Gasteiger partial charge in [0.25, 0.3) is 0 Å². The summed E-state index contributed by atoms with van der Waals surface area (Å²) in [4.78, 5) is 15.8. The first-order valence-electron chi connectivity index (χ1n) is 8.87. The molecule has 2 N–H and O–H groups in total. The Kier molecular flexibility index (Phi) is 4.39. The minimum Gasteiger partial charge on any atom is -0.494 e. The summed E-state index contributed by atoms with van der Waals surface area (Å²) in [7, 11) is 1.43. The molecule has 4 rings (SSSR count). The van der Waals surface area contributed by atoms with E-state index in [2.05, 4.69) is 22.4 Å². The van der Waals surface area contributed by atoms with Gasteiger partial charge in [-0.05, 0) is 36.2 Å². The van der Waals surface area contributed by atoms with Crippen molar-refractivity contribution in [2.75, 3.05) is 13.7 Å². The van der Waals surface area contributed by atoms with E-state index in [4.69, 9.17) is 9.47 Å². The highest BCUT2D eigenvalue weighted by Gasteiger charge is 2.34. The Labute approximate surface area is 152 Å². The monoisotopic (exact) mass is 350 g/mol. The molecular formula is C21H22N2O3. The van der Waals surface area contributed by atoms with Gasteiger partial charge in [0, 0.05) is 23.0 Å². The third kappa shape index (κ3) is 2.84. The maximum Gasteiger partial charge on any atom is 0.323 e. The molecule has 0 radical (unpaired) electrons. The fraction of sp³-hybridized carbons (Fsp3) is 0.286. The van der Waals surface area contributed by atoms with Crippen LogP contribution in [0.1, 0.15) is 29.8 Å². The van der Waals surface area contributed by atoms with Gasteiger partial charge < -0.3 is 14.5 Å². The van der Waals surface area contributed by atoms with Gasteiger partial charge in [-0.1, -0.05) is 30.3 Å². The van der Waals surface area contributed by atoms with Crippen molar-refractivity contribution < 1.29 is 14.3 Å². The van der Waals surface area contributed by atoms with E-state index in [1.54, 1.807) is 0 Å². The van der Waals surface area contributed by atoms with Gasteiger partial charge in [0.2, 0.25) is 0 Å². The van der Waals surface area contributed by atoms with Gasteiger partial charge in [-0.15, -0.1) is 0 Å². The van der Waals surface area contributed by atoms with Crippen LogP contribution in [0.15, 0.2) is 48.5 Å². The largest absolute Gasteiger partial charge is 0.494 e. The third-order valence-electron chi connectivity index (χ3n) is 4.92. The number of H-pyrrole nitrogens is 1. The van der Waals surface area contributed by atoms with E-state index in [0.717, 1.165) is 27.9 Å². The number of ether oxygens (including phenoxy) is 2. The summed E-state index contributed by atoms with van der Waals surface area (Å²) in [6.07, 6.45) is 0.611. The average Bonchev–Trinajstić information content (AvgIpc) is 3.06. The van der Waals surface area contributed by atoms with Gasteiger partial charge in [-0.2, -0.15) is 0 Å². The van der Waals surface area contributed by atoms with Crippen LogP contribution in [-0.4, -0.2) is 30.7 Å². The number of benzene rings is 2. The Balaban J connectivity index is 1.79.